The Bertz CT molecular complexity index is 325. The Morgan fingerprint density at radius 1 is 1.71 bits per heavy atom. The molecule has 78 valence electrons. The van der Waals surface area contributed by atoms with Gasteiger partial charge in [-0.25, -0.2) is 0 Å². The van der Waals surface area contributed by atoms with Crippen molar-refractivity contribution in [3.8, 4) is 0 Å². The minimum atomic E-state index is 0.0381. The van der Waals surface area contributed by atoms with Crippen molar-refractivity contribution >= 4 is 0 Å². The standard InChI is InChI=1S/C11H19N3/c1-5-11-9(7-14(4)13-11)10(12)6-8(2)3/h7,10H,2,5-6,12H2,1,3-4H3. The third-order valence-electron chi connectivity index (χ3n) is 2.24. The van der Waals surface area contributed by atoms with E-state index in [-0.39, 0.29) is 6.04 Å². The molecule has 0 aliphatic carbocycles. The number of hydrogen-bond acceptors (Lipinski definition) is 2. The molecular formula is C11H19N3. The molecule has 0 aromatic carbocycles. The highest BCUT2D eigenvalue weighted by Gasteiger charge is 2.13. The highest BCUT2D eigenvalue weighted by molar-refractivity contribution is 5.22. The van der Waals surface area contributed by atoms with Crippen LogP contribution < -0.4 is 5.73 Å². The van der Waals surface area contributed by atoms with Gasteiger partial charge in [-0.1, -0.05) is 12.5 Å². The normalized spacial score (nSPS) is 12.9. The van der Waals surface area contributed by atoms with Crippen molar-refractivity contribution in [3.05, 3.63) is 29.6 Å². The molecule has 14 heavy (non-hydrogen) atoms. The lowest BCUT2D eigenvalue weighted by atomic mass is 10.0. The van der Waals surface area contributed by atoms with Crippen molar-refractivity contribution in [2.75, 3.05) is 0 Å². The molecule has 1 aromatic heterocycles. The maximum Gasteiger partial charge on any atom is 0.0669 e. The van der Waals surface area contributed by atoms with Crippen LogP contribution in [0.3, 0.4) is 0 Å². The maximum absolute atomic E-state index is 6.07. The van der Waals surface area contributed by atoms with Gasteiger partial charge in [0, 0.05) is 24.8 Å². The van der Waals surface area contributed by atoms with Crippen LogP contribution in [0.5, 0.6) is 0 Å². The second-order valence-corrected chi connectivity index (χ2v) is 3.83. The van der Waals surface area contributed by atoms with Crippen LogP contribution >= 0.6 is 0 Å². The Balaban J connectivity index is 2.87. The first-order valence-corrected chi connectivity index (χ1v) is 4.97. The fourth-order valence-corrected chi connectivity index (χ4v) is 1.62. The Morgan fingerprint density at radius 2 is 2.36 bits per heavy atom. The first-order valence-electron chi connectivity index (χ1n) is 4.97. The van der Waals surface area contributed by atoms with Crippen LogP contribution in [0, 0.1) is 0 Å². The highest BCUT2D eigenvalue weighted by atomic mass is 15.3. The Kier molecular flexibility index (Phi) is 3.47. The molecule has 0 amide bonds. The molecule has 1 unspecified atom stereocenters. The number of nitrogens with zero attached hydrogens (tertiary/aromatic N) is 2. The summed E-state index contributed by atoms with van der Waals surface area (Å²) in [5, 5.41) is 4.36. The molecule has 1 rings (SSSR count). The van der Waals surface area contributed by atoms with E-state index < -0.39 is 0 Å². The molecule has 0 radical (unpaired) electrons. The van der Waals surface area contributed by atoms with Crippen LogP contribution in [0.4, 0.5) is 0 Å². The molecule has 0 fully saturated rings. The minimum Gasteiger partial charge on any atom is -0.324 e. The van der Waals surface area contributed by atoms with Gasteiger partial charge in [0.25, 0.3) is 0 Å². The number of hydrogen-bond donors (Lipinski definition) is 1. The van der Waals surface area contributed by atoms with E-state index in [0.29, 0.717) is 0 Å². The summed E-state index contributed by atoms with van der Waals surface area (Å²) in [6, 6.07) is 0.0381. The van der Waals surface area contributed by atoms with Crippen molar-refractivity contribution in [2.24, 2.45) is 12.8 Å². The molecule has 0 aliphatic rings. The zero-order valence-electron chi connectivity index (χ0n) is 9.25. The summed E-state index contributed by atoms with van der Waals surface area (Å²) in [6.45, 7) is 7.97. The number of aromatic nitrogens is 2. The van der Waals surface area contributed by atoms with E-state index in [1.165, 1.54) is 0 Å². The predicted octanol–water partition coefficient (Wildman–Crippen LogP) is 1.95. The van der Waals surface area contributed by atoms with Crippen LogP contribution in [-0.2, 0) is 13.5 Å². The van der Waals surface area contributed by atoms with Crippen LogP contribution in [0.2, 0.25) is 0 Å². The first kappa shape index (κ1) is 11.0. The van der Waals surface area contributed by atoms with Crippen LogP contribution in [0.15, 0.2) is 18.3 Å². The number of aryl methyl sites for hydroxylation is 2. The predicted molar refractivity (Wildman–Crippen MR) is 58.9 cm³/mol. The van der Waals surface area contributed by atoms with Gasteiger partial charge in [-0.2, -0.15) is 5.10 Å². The molecule has 1 heterocycles. The van der Waals surface area contributed by atoms with E-state index >= 15 is 0 Å². The molecule has 0 bridgehead atoms. The largest absolute Gasteiger partial charge is 0.324 e. The lowest BCUT2D eigenvalue weighted by molar-refractivity contribution is 0.707. The molecule has 3 nitrogen and oxygen atoms in total. The van der Waals surface area contributed by atoms with Crippen molar-refractivity contribution in [1.29, 1.82) is 0 Å². The van der Waals surface area contributed by atoms with Gasteiger partial charge >= 0.3 is 0 Å². The van der Waals surface area contributed by atoms with Crippen molar-refractivity contribution < 1.29 is 0 Å². The average Bonchev–Trinajstić information content (AvgIpc) is 2.45. The molecule has 0 spiro atoms. The monoisotopic (exact) mass is 193 g/mol. The van der Waals surface area contributed by atoms with E-state index in [1.807, 2.05) is 24.9 Å². The molecule has 0 saturated heterocycles. The van der Waals surface area contributed by atoms with Gasteiger partial charge in [0.2, 0.25) is 0 Å². The van der Waals surface area contributed by atoms with E-state index in [1.54, 1.807) is 0 Å². The summed E-state index contributed by atoms with van der Waals surface area (Å²) in [6.07, 6.45) is 3.77. The third-order valence-corrected chi connectivity index (χ3v) is 2.24. The fourth-order valence-electron chi connectivity index (χ4n) is 1.62. The Hall–Kier alpha value is -1.09. The molecule has 0 saturated carbocycles. The summed E-state index contributed by atoms with van der Waals surface area (Å²) >= 11 is 0. The Labute approximate surface area is 85.6 Å². The van der Waals surface area contributed by atoms with Gasteiger partial charge in [-0.15, -0.1) is 6.58 Å². The van der Waals surface area contributed by atoms with Crippen LogP contribution in [0.1, 0.15) is 37.6 Å². The van der Waals surface area contributed by atoms with E-state index in [2.05, 4.69) is 18.6 Å². The molecular weight excluding hydrogens is 174 g/mol. The molecule has 2 N–H and O–H groups in total. The smallest absolute Gasteiger partial charge is 0.0669 e. The van der Waals surface area contributed by atoms with Crippen LogP contribution in [0.25, 0.3) is 0 Å². The highest BCUT2D eigenvalue weighted by Crippen LogP contribution is 2.20. The SMILES string of the molecule is C=C(C)CC(N)c1cn(C)nc1CC. The summed E-state index contributed by atoms with van der Waals surface area (Å²) in [5.74, 6) is 0. The van der Waals surface area contributed by atoms with Gasteiger partial charge in [0.1, 0.15) is 0 Å². The summed E-state index contributed by atoms with van der Waals surface area (Å²) in [4.78, 5) is 0. The van der Waals surface area contributed by atoms with Crippen molar-refractivity contribution in [1.82, 2.24) is 9.78 Å². The number of rotatable bonds is 4. The maximum atomic E-state index is 6.07. The summed E-state index contributed by atoms with van der Waals surface area (Å²) in [5.41, 5.74) is 9.44. The van der Waals surface area contributed by atoms with E-state index in [4.69, 9.17) is 5.73 Å². The molecule has 0 aliphatic heterocycles. The lowest BCUT2D eigenvalue weighted by Crippen LogP contribution is -2.11. The quantitative estimate of drug-likeness (QED) is 0.743. The second-order valence-electron chi connectivity index (χ2n) is 3.83. The van der Waals surface area contributed by atoms with E-state index in [9.17, 15) is 0 Å². The fraction of sp³-hybridized carbons (Fsp3) is 0.545. The van der Waals surface area contributed by atoms with Crippen molar-refractivity contribution in [3.63, 3.8) is 0 Å². The van der Waals surface area contributed by atoms with Gasteiger partial charge in [-0.05, 0) is 19.8 Å². The molecule has 1 atom stereocenters. The van der Waals surface area contributed by atoms with Gasteiger partial charge < -0.3 is 5.73 Å². The zero-order chi connectivity index (χ0) is 10.7. The van der Waals surface area contributed by atoms with Gasteiger partial charge in [0.15, 0.2) is 0 Å². The summed E-state index contributed by atoms with van der Waals surface area (Å²) < 4.78 is 1.83. The second kappa shape index (κ2) is 4.42. The minimum absolute atomic E-state index is 0.0381. The summed E-state index contributed by atoms with van der Waals surface area (Å²) in [7, 11) is 1.93. The molecule has 1 aromatic rings. The van der Waals surface area contributed by atoms with Crippen LogP contribution in [-0.4, -0.2) is 9.78 Å². The lowest BCUT2D eigenvalue weighted by Gasteiger charge is -2.10. The average molecular weight is 193 g/mol. The van der Waals surface area contributed by atoms with Gasteiger partial charge in [0.05, 0.1) is 5.69 Å². The third kappa shape index (κ3) is 2.45. The first-order chi connectivity index (χ1) is 6.54. The van der Waals surface area contributed by atoms with E-state index in [0.717, 1.165) is 29.7 Å². The molecule has 3 heteroatoms. The zero-order valence-corrected chi connectivity index (χ0v) is 9.25. The van der Waals surface area contributed by atoms with Gasteiger partial charge in [-0.3, -0.25) is 4.68 Å². The number of nitrogens with two attached hydrogens (primary N) is 1. The van der Waals surface area contributed by atoms with Crippen molar-refractivity contribution in [2.45, 2.75) is 32.7 Å². The topological polar surface area (TPSA) is 43.8 Å². The Morgan fingerprint density at radius 3 is 2.86 bits per heavy atom.